The summed E-state index contributed by atoms with van der Waals surface area (Å²) < 4.78 is 37.3. The number of carbonyl (C=O) groups excluding carboxylic acids is 1. The van der Waals surface area contributed by atoms with Crippen molar-refractivity contribution in [1.29, 1.82) is 5.26 Å². The zero-order chi connectivity index (χ0) is 35.4. The van der Waals surface area contributed by atoms with Crippen LogP contribution in [0.5, 0.6) is 5.75 Å². The van der Waals surface area contributed by atoms with E-state index in [1.54, 1.807) is 18.2 Å². The normalized spacial score (nSPS) is 17.6. The van der Waals surface area contributed by atoms with Gasteiger partial charge in [0, 0.05) is 16.5 Å². The van der Waals surface area contributed by atoms with Gasteiger partial charge in [-0.05, 0) is 92.1 Å². The van der Waals surface area contributed by atoms with Gasteiger partial charge in [-0.2, -0.15) is 5.26 Å². The van der Waals surface area contributed by atoms with E-state index < -0.39 is 40.9 Å². The lowest BCUT2D eigenvalue weighted by molar-refractivity contribution is -0.120. The molecule has 3 aromatic carbocycles. The van der Waals surface area contributed by atoms with Gasteiger partial charge >= 0.3 is 5.97 Å². The number of carbonyl (C=O) groups is 2. The molecule has 4 atom stereocenters. The molecule has 1 unspecified atom stereocenters. The van der Waals surface area contributed by atoms with Gasteiger partial charge in [-0.15, -0.1) is 0 Å². The van der Waals surface area contributed by atoms with E-state index in [4.69, 9.17) is 27.9 Å². The predicted molar refractivity (Wildman–Crippen MR) is 184 cm³/mol. The molecule has 1 aliphatic heterocycles. The summed E-state index contributed by atoms with van der Waals surface area (Å²) in [5, 5.41) is 23.4. The second kappa shape index (κ2) is 15.2. The highest BCUT2D eigenvalue weighted by atomic mass is 35.5. The first-order valence-electron chi connectivity index (χ1n) is 15.9. The van der Waals surface area contributed by atoms with Crippen molar-refractivity contribution in [3.8, 4) is 11.8 Å². The molecule has 0 spiro atoms. The number of amides is 1. The minimum atomic E-state index is -1.54. The van der Waals surface area contributed by atoms with Gasteiger partial charge in [-0.3, -0.25) is 9.69 Å². The molecule has 1 aliphatic rings. The molecule has 0 saturated carbocycles. The average Bonchev–Trinajstić information content (AvgIpc) is 3.49. The topological polar surface area (TPSA) is 103 Å². The standard InChI is InChI=1S/C37H41Cl2F2N3O4/c1-22(20-36(2,3)4)37(21-42,27-13-12-24(38)19-29(27)40)26(25-8-6-9-28(39)33(25)41)15-17-44-16-7-10-31(44)34(45)43-30-14-11-23(35(46)47)18-32(30)48-5/h6,8-9,11-14,18-19,22,26,31H,7,10,15-17,20H2,1-5H3,(H,43,45)(H,46,47)/t22-,26+,31?,37-/m0/s1. The summed E-state index contributed by atoms with van der Waals surface area (Å²) in [6, 6.07) is 15.0. The Labute approximate surface area is 290 Å². The molecule has 0 bridgehead atoms. The van der Waals surface area contributed by atoms with Gasteiger partial charge in [0.05, 0.1) is 40.9 Å². The third kappa shape index (κ3) is 7.94. The number of rotatable bonds is 12. The smallest absolute Gasteiger partial charge is 0.335 e. The van der Waals surface area contributed by atoms with Gasteiger partial charge in [0.15, 0.2) is 0 Å². The van der Waals surface area contributed by atoms with Gasteiger partial charge in [0.25, 0.3) is 0 Å². The van der Waals surface area contributed by atoms with Crippen LogP contribution in [0.1, 0.15) is 80.8 Å². The summed E-state index contributed by atoms with van der Waals surface area (Å²) in [5.74, 6) is -3.85. The van der Waals surface area contributed by atoms with Gasteiger partial charge in [0.1, 0.15) is 17.4 Å². The van der Waals surface area contributed by atoms with Crippen LogP contribution in [-0.4, -0.2) is 48.1 Å². The van der Waals surface area contributed by atoms with Crippen LogP contribution in [0.15, 0.2) is 54.6 Å². The SMILES string of the molecule is COc1cc(C(=O)O)ccc1NC(=O)C1CCCN1CC[C@H](c1cccc(Cl)c1F)[C@@](C#N)(c1ccc(Cl)cc1F)[C@@H](C)CC(C)(C)C. The molecule has 0 aromatic heterocycles. The van der Waals surface area contributed by atoms with E-state index in [0.717, 1.165) is 6.42 Å². The molecule has 1 amide bonds. The van der Waals surface area contributed by atoms with Crippen LogP contribution in [0.25, 0.3) is 0 Å². The summed E-state index contributed by atoms with van der Waals surface area (Å²) in [7, 11) is 1.39. The highest BCUT2D eigenvalue weighted by Gasteiger charge is 2.50. The molecule has 0 radical (unpaired) electrons. The molecule has 7 nitrogen and oxygen atoms in total. The van der Waals surface area contributed by atoms with Gasteiger partial charge in [-0.1, -0.05) is 69.1 Å². The molecule has 2 N–H and O–H groups in total. The fourth-order valence-corrected chi connectivity index (χ4v) is 7.54. The summed E-state index contributed by atoms with van der Waals surface area (Å²) in [4.78, 5) is 27.0. The molecular formula is C37H41Cl2F2N3O4. The van der Waals surface area contributed by atoms with E-state index in [2.05, 4.69) is 11.4 Å². The number of hydrogen-bond acceptors (Lipinski definition) is 5. The molecule has 1 fully saturated rings. The summed E-state index contributed by atoms with van der Waals surface area (Å²) in [6.07, 6.45) is 2.01. The van der Waals surface area contributed by atoms with E-state index in [0.29, 0.717) is 31.6 Å². The average molecular weight is 701 g/mol. The van der Waals surface area contributed by atoms with Gasteiger partial charge in [0.2, 0.25) is 5.91 Å². The number of nitrogens with one attached hydrogen (secondary N) is 1. The monoisotopic (exact) mass is 699 g/mol. The second-order valence-electron chi connectivity index (χ2n) is 13.7. The Morgan fingerprint density at radius 2 is 1.88 bits per heavy atom. The minimum Gasteiger partial charge on any atom is -0.495 e. The Balaban J connectivity index is 1.75. The lowest BCUT2D eigenvalue weighted by atomic mass is 9.58. The third-order valence-electron chi connectivity index (χ3n) is 9.24. The zero-order valence-corrected chi connectivity index (χ0v) is 29.3. The van der Waals surface area contributed by atoms with Gasteiger partial charge in [-0.25, -0.2) is 13.6 Å². The number of hydrogen-bond donors (Lipinski definition) is 2. The molecule has 1 saturated heterocycles. The number of ether oxygens (including phenoxy) is 1. The van der Waals surface area contributed by atoms with Crippen molar-refractivity contribution in [2.75, 3.05) is 25.5 Å². The number of aromatic carboxylic acids is 1. The van der Waals surface area contributed by atoms with Crippen LogP contribution in [-0.2, 0) is 10.2 Å². The van der Waals surface area contributed by atoms with Crippen molar-refractivity contribution in [1.82, 2.24) is 4.90 Å². The second-order valence-corrected chi connectivity index (χ2v) is 14.5. The number of anilines is 1. The zero-order valence-electron chi connectivity index (χ0n) is 27.7. The number of carboxylic acid groups (broad SMARTS) is 1. The van der Waals surface area contributed by atoms with E-state index in [1.807, 2.05) is 32.6 Å². The van der Waals surface area contributed by atoms with E-state index in [9.17, 15) is 20.0 Å². The first-order valence-corrected chi connectivity index (χ1v) is 16.7. The fourth-order valence-electron chi connectivity index (χ4n) is 7.20. The van der Waals surface area contributed by atoms with Crippen LogP contribution in [0.4, 0.5) is 14.5 Å². The van der Waals surface area contributed by atoms with Crippen molar-refractivity contribution in [3.63, 3.8) is 0 Å². The van der Waals surface area contributed by atoms with Crippen LogP contribution < -0.4 is 10.1 Å². The summed E-state index contributed by atoms with van der Waals surface area (Å²) in [6.45, 7) is 8.88. The maximum absolute atomic E-state index is 16.0. The molecule has 48 heavy (non-hydrogen) atoms. The molecule has 256 valence electrons. The van der Waals surface area contributed by atoms with Crippen molar-refractivity contribution in [2.24, 2.45) is 11.3 Å². The molecule has 3 aromatic rings. The minimum absolute atomic E-state index is 0.0189. The Bertz CT molecular complexity index is 1710. The first-order chi connectivity index (χ1) is 22.6. The largest absolute Gasteiger partial charge is 0.495 e. The fraction of sp³-hybridized carbons (Fsp3) is 0.432. The van der Waals surface area contributed by atoms with Crippen molar-refractivity contribution >= 4 is 40.8 Å². The van der Waals surface area contributed by atoms with Crippen LogP contribution >= 0.6 is 23.2 Å². The number of methoxy groups -OCH3 is 1. The predicted octanol–water partition coefficient (Wildman–Crippen LogP) is 9.09. The summed E-state index contributed by atoms with van der Waals surface area (Å²) in [5.41, 5.74) is -1.11. The lowest BCUT2D eigenvalue weighted by Crippen LogP contribution is -2.44. The van der Waals surface area contributed by atoms with E-state index in [1.165, 1.54) is 43.5 Å². The Hall–Kier alpha value is -3.71. The number of benzene rings is 3. The van der Waals surface area contributed by atoms with Crippen molar-refractivity contribution in [2.45, 2.75) is 70.8 Å². The first kappa shape index (κ1) is 37.1. The lowest BCUT2D eigenvalue weighted by Gasteiger charge is -2.43. The maximum Gasteiger partial charge on any atom is 0.335 e. The quantitative estimate of drug-likeness (QED) is 0.196. The number of carboxylic acids is 1. The number of nitrogens with zero attached hydrogens (tertiary/aromatic N) is 2. The Kier molecular flexibility index (Phi) is 11.8. The van der Waals surface area contributed by atoms with Crippen molar-refractivity contribution < 1.29 is 28.2 Å². The number of halogens is 4. The molecule has 1 heterocycles. The Morgan fingerprint density at radius 3 is 2.50 bits per heavy atom. The number of nitriles is 1. The maximum atomic E-state index is 16.0. The molecule has 4 rings (SSSR count). The molecule has 0 aliphatic carbocycles. The van der Waals surface area contributed by atoms with Gasteiger partial charge < -0.3 is 15.2 Å². The summed E-state index contributed by atoms with van der Waals surface area (Å²) >= 11 is 12.5. The van der Waals surface area contributed by atoms with Crippen LogP contribution in [0.3, 0.4) is 0 Å². The number of likely N-dealkylation sites (tertiary alicyclic amines) is 1. The third-order valence-corrected chi connectivity index (χ3v) is 9.77. The molecule has 11 heteroatoms. The van der Waals surface area contributed by atoms with Crippen LogP contribution in [0.2, 0.25) is 10.0 Å². The highest BCUT2D eigenvalue weighted by molar-refractivity contribution is 6.31. The van der Waals surface area contributed by atoms with Crippen molar-refractivity contribution in [3.05, 3.63) is 93.0 Å². The highest BCUT2D eigenvalue weighted by Crippen LogP contribution is 2.51. The molecular weight excluding hydrogens is 659 g/mol. The van der Waals surface area contributed by atoms with Crippen LogP contribution in [0, 0.1) is 34.3 Å². The van der Waals surface area contributed by atoms with E-state index in [-0.39, 0.29) is 50.2 Å². The van der Waals surface area contributed by atoms with E-state index >= 15 is 8.78 Å². The Morgan fingerprint density at radius 1 is 1.15 bits per heavy atom.